The van der Waals surface area contributed by atoms with Gasteiger partial charge in [-0.1, -0.05) is 38.1 Å². The van der Waals surface area contributed by atoms with Gasteiger partial charge in [0.25, 0.3) is 7.41 Å². The predicted molar refractivity (Wildman–Crippen MR) is 136 cm³/mol. The minimum absolute atomic E-state index is 0.0160. The summed E-state index contributed by atoms with van der Waals surface area (Å²) in [7, 11) is 0.564. The van der Waals surface area contributed by atoms with Crippen LogP contribution in [0.4, 0.5) is 16.6 Å². The van der Waals surface area contributed by atoms with E-state index in [9.17, 15) is 9.59 Å². The molecule has 2 saturated heterocycles. The Bertz CT molecular complexity index is 1080. The summed E-state index contributed by atoms with van der Waals surface area (Å²) in [5.41, 5.74) is 3.68. The lowest BCUT2D eigenvalue weighted by Crippen LogP contribution is -2.72. The van der Waals surface area contributed by atoms with Gasteiger partial charge in [-0.3, -0.25) is 9.80 Å². The molecule has 0 saturated carbocycles. The zero-order chi connectivity index (χ0) is 24.6. The molecule has 184 valence electrons. The molecular weight excluding hydrogens is 443 g/mol. The molecule has 2 fully saturated rings. The number of fused-ring (bicyclic) bond motifs is 1. The standard InChI is InChI=1S/C25H33BN6O3/c1-17(2)9-32-22-21(11-35-24(32)34)8-27-23(29-22)28-18(3)20-6-4-19(5-7-20)10-30-12-25(13-30)14-31(15-25)26-16-33/h4-8,16-18,26H,9-15H2,1-3H3,(H,27,28,29)/t18-/m0/s1. The van der Waals surface area contributed by atoms with Gasteiger partial charge in [0.15, 0.2) is 0 Å². The predicted octanol–water partition coefficient (Wildman–Crippen LogP) is 2.42. The van der Waals surface area contributed by atoms with Crippen molar-refractivity contribution < 1.29 is 14.3 Å². The van der Waals surface area contributed by atoms with Crippen LogP contribution < -0.4 is 10.2 Å². The van der Waals surface area contributed by atoms with Crippen molar-refractivity contribution in [2.24, 2.45) is 11.3 Å². The summed E-state index contributed by atoms with van der Waals surface area (Å²) in [6.45, 7) is 12.2. The Morgan fingerprint density at radius 1 is 1.17 bits per heavy atom. The molecule has 10 heteroatoms. The highest BCUT2D eigenvalue weighted by Crippen LogP contribution is 2.39. The Balaban J connectivity index is 1.17. The number of carbonyl (C=O) groups is 2. The molecule has 3 aliphatic heterocycles. The van der Waals surface area contributed by atoms with E-state index < -0.39 is 0 Å². The van der Waals surface area contributed by atoms with Crippen molar-refractivity contribution in [2.45, 2.75) is 40.0 Å². The van der Waals surface area contributed by atoms with E-state index in [1.165, 1.54) is 5.56 Å². The monoisotopic (exact) mass is 476 g/mol. The van der Waals surface area contributed by atoms with Crippen molar-refractivity contribution in [1.82, 2.24) is 19.7 Å². The molecule has 35 heavy (non-hydrogen) atoms. The lowest BCUT2D eigenvalue weighted by Gasteiger charge is -2.60. The number of amides is 1. The third kappa shape index (κ3) is 5.04. The summed E-state index contributed by atoms with van der Waals surface area (Å²) in [6, 6.07) is 8.69. The summed E-state index contributed by atoms with van der Waals surface area (Å²) in [4.78, 5) is 38.3. The fraction of sp³-hybridized carbons (Fsp3) is 0.520. The smallest absolute Gasteiger partial charge is 0.415 e. The topological polar surface area (TPSA) is 90.9 Å². The molecule has 5 rings (SSSR count). The van der Waals surface area contributed by atoms with E-state index in [-0.39, 0.29) is 18.7 Å². The molecular formula is C25H33BN6O3. The first-order valence-corrected chi connectivity index (χ1v) is 12.4. The van der Waals surface area contributed by atoms with Crippen molar-refractivity contribution in [3.05, 3.63) is 47.2 Å². The number of nitrogens with zero attached hydrogens (tertiary/aromatic N) is 5. The number of nitrogens with one attached hydrogen (secondary N) is 1. The Hall–Kier alpha value is -2.98. The summed E-state index contributed by atoms with van der Waals surface area (Å²) in [5.74, 6) is 1.42. The van der Waals surface area contributed by atoms with Crippen LogP contribution in [0.3, 0.4) is 0 Å². The van der Waals surface area contributed by atoms with Gasteiger partial charge in [0.2, 0.25) is 5.95 Å². The molecule has 2 aromatic rings. The van der Waals surface area contributed by atoms with Gasteiger partial charge in [-0.15, -0.1) is 0 Å². The van der Waals surface area contributed by atoms with Gasteiger partial charge in [-0.2, -0.15) is 4.98 Å². The van der Waals surface area contributed by atoms with Crippen molar-refractivity contribution in [2.75, 3.05) is 42.9 Å². The van der Waals surface area contributed by atoms with E-state index in [0.717, 1.165) is 50.0 Å². The molecule has 1 aromatic carbocycles. The van der Waals surface area contributed by atoms with Gasteiger partial charge >= 0.3 is 6.09 Å². The molecule has 0 aliphatic carbocycles. The number of aromatic nitrogens is 2. The molecule has 1 N–H and O–H groups in total. The van der Waals surface area contributed by atoms with Gasteiger partial charge in [-0.25, -0.2) is 9.78 Å². The Morgan fingerprint density at radius 3 is 2.60 bits per heavy atom. The second kappa shape index (κ2) is 9.58. The van der Waals surface area contributed by atoms with Crippen LogP contribution in [0.25, 0.3) is 0 Å². The molecule has 0 bridgehead atoms. The second-order valence-electron chi connectivity index (χ2n) is 10.7. The molecule has 1 amide bonds. The first-order chi connectivity index (χ1) is 16.8. The largest absolute Gasteiger partial charge is 0.444 e. The van der Waals surface area contributed by atoms with Crippen LogP contribution >= 0.6 is 0 Å². The molecule has 4 heterocycles. The summed E-state index contributed by atoms with van der Waals surface area (Å²) in [6.07, 6.45) is 2.37. The highest BCUT2D eigenvalue weighted by atomic mass is 16.6. The van der Waals surface area contributed by atoms with Crippen molar-refractivity contribution >= 4 is 31.5 Å². The van der Waals surface area contributed by atoms with E-state index in [1.54, 1.807) is 11.1 Å². The number of benzene rings is 1. The third-order valence-electron chi connectivity index (χ3n) is 7.02. The fourth-order valence-corrected chi connectivity index (χ4v) is 5.43. The zero-order valence-electron chi connectivity index (χ0n) is 20.7. The first kappa shape index (κ1) is 23.8. The van der Waals surface area contributed by atoms with Crippen molar-refractivity contribution in [1.29, 1.82) is 0 Å². The van der Waals surface area contributed by atoms with Crippen LogP contribution in [0.1, 0.15) is 43.5 Å². The van der Waals surface area contributed by atoms with Gasteiger partial charge in [0.1, 0.15) is 12.4 Å². The quantitative estimate of drug-likeness (QED) is 0.436. The maximum atomic E-state index is 12.3. The first-order valence-electron chi connectivity index (χ1n) is 12.4. The number of hydrogen-bond donors (Lipinski definition) is 1. The Morgan fingerprint density at radius 2 is 1.91 bits per heavy atom. The van der Waals surface area contributed by atoms with E-state index in [1.807, 2.05) is 0 Å². The summed E-state index contributed by atoms with van der Waals surface area (Å²) >= 11 is 0. The van der Waals surface area contributed by atoms with Crippen LogP contribution in [0, 0.1) is 11.3 Å². The van der Waals surface area contributed by atoms with Crippen molar-refractivity contribution in [3.63, 3.8) is 0 Å². The van der Waals surface area contributed by atoms with Gasteiger partial charge in [-0.05, 0) is 37.1 Å². The molecule has 1 atom stereocenters. The van der Waals surface area contributed by atoms with Crippen LogP contribution in [0.5, 0.6) is 0 Å². The van der Waals surface area contributed by atoms with Crippen LogP contribution in [0.2, 0.25) is 0 Å². The zero-order valence-corrected chi connectivity index (χ0v) is 20.7. The lowest BCUT2D eigenvalue weighted by molar-refractivity contribution is -0.0855. The SMILES string of the molecule is CC(C)CN1C(=O)OCc2cnc(N[C@@H](C)c3ccc(CN4CC5(CN(BC=O)C5)C4)cc3)nc21. The van der Waals surface area contributed by atoms with Gasteiger partial charge < -0.3 is 19.7 Å². The van der Waals surface area contributed by atoms with E-state index in [0.29, 0.717) is 37.1 Å². The minimum Gasteiger partial charge on any atom is -0.444 e. The number of ether oxygens (including phenoxy) is 1. The van der Waals surface area contributed by atoms with E-state index in [2.05, 4.69) is 70.0 Å². The minimum atomic E-state index is -0.358. The van der Waals surface area contributed by atoms with Gasteiger partial charge in [0, 0.05) is 37.8 Å². The van der Waals surface area contributed by atoms with E-state index >= 15 is 0 Å². The molecule has 0 radical (unpaired) electrons. The normalized spacial score (nSPS) is 20.0. The van der Waals surface area contributed by atoms with Crippen LogP contribution in [-0.4, -0.2) is 72.1 Å². The Kier molecular flexibility index (Phi) is 6.50. The number of likely N-dealkylation sites (tertiary alicyclic amines) is 1. The van der Waals surface area contributed by atoms with Gasteiger partial charge in [0.05, 0.1) is 17.8 Å². The van der Waals surface area contributed by atoms with Crippen molar-refractivity contribution in [3.8, 4) is 0 Å². The van der Waals surface area contributed by atoms with E-state index in [4.69, 9.17) is 4.74 Å². The molecule has 9 nitrogen and oxygen atoms in total. The van der Waals surface area contributed by atoms with Crippen LogP contribution in [0.15, 0.2) is 30.5 Å². The number of rotatable bonds is 9. The maximum Gasteiger partial charge on any atom is 0.415 e. The molecule has 1 aromatic heterocycles. The number of cyclic esters (lactones) is 1. The maximum absolute atomic E-state index is 12.3. The summed E-state index contributed by atoms with van der Waals surface area (Å²) in [5, 5.41) is 3.38. The number of anilines is 2. The lowest BCUT2D eigenvalue weighted by atomic mass is 9.68. The Labute approximate surface area is 207 Å². The average molecular weight is 476 g/mol. The third-order valence-corrected chi connectivity index (χ3v) is 7.02. The molecule has 1 spiro atoms. The molecule has 3 aliphatic rings. The number of hydrogen-bond acceptors (Lipinski definition) is 8. The number of carbonyl (C=O) groups excluding carboxylic acids is 2. The highest BCUT2D eigenvalue weighted by molar-refractivity contribution is 6.64. The second-order valence-corrected chi connectivity index (χ2v) is 10.7. The average Bonchev–Trinajstić information content (AvgIpc) is 2.78. The molecule has 0 unspecified atom stereocenters. The highest BCUT2D eigenvalue weighted by Gasteiger charge is 2.50. The summed E-state index contributed by atoms with van der Waals surface area (Å²) < 4.78 is 5.26. The fourth-order valence-electron chi connectivity index (χ4n) is 5.43. The van der Waals surface area contributed by atoms with Crippen LogP contribution in [-0.2, 0) is 22.7 Å².